The molecule has 2 unspecified atom stereocenters. The van der Waals surface area contributed by atoms with E-state index in [9.17, 15) is 5.11 Å². The lowest BCUT2D eigenvalue weighted by Crippen LogP contribution is -2.30. The highest BCUT2D eigenvalue weighted by Gasteiger charge is 2.25. The van der Waals surface area contributed by atoms with Crippen LogP contribution < -0.4 is 5.32 Å². The summed E-state index contributed by atoms with van der Waals surface area (Å²) in [5.74, 6) is 1.35. The fourth-order valence-corrected chi connectivity index (χ4v) is 2.47. The summed E-state index contributed by atoms with van der Waals surface area (Å²) >= 11 is 0. The molecule has 1 aliphatic carbocycles. The molecule has 0 aromatic heterocycles. The van der Waals surface area contributed by atoms with Crippen molar-refractivity contribution in [2.75, 3.05) is 0 Å². The van der Waals surface area contributed by atoms with Crippen LogP contribution in [0.4, 0.5) is 0 Å². The maximum atomic E-state index is 9.88. The lowest BCUT2D eigenvalue weighted by molar-refractivity contribution is 0.395. The maximum absolute atomic E-state index is 9.88. The van der Waals surface area contributed by atoms with E-state index in [2.05, 4.69) is 19.2 Å². The van der Waals surface area contributed by atoms with Crippen molar-refractivity contribution in [3.05, 3.63) is 29.8 Å². The van der Waals surface area contributed by atoms with E-state index in [1.807, 2.05) is 18.2 Å². The summed E-state index contributed by atoms with van der Waals surface area (Å²) in [7, 11) is 0. The van der Waals surface area contributed by atoms with E-state index in [-0.39, 0.29) is 6.04 Å². The second kappa shape index (κ2) is 5.54. The van der Waals surface area contributed by atoms with Crippen LogP contribution in [0, 0.1) is 5.92 Å². The molecule has 2 nitrogen and oxygen atoms in total. The first kappa shape index (κ1) is 12.4. The average molecular weight is 233 g/mol. The molecule has 0 radical (unpaired) electrons. The normalized spacial score (nSPS) is 18.9. The predicted molar refractivity (Wildman–Crippen MR) is 71.1 cm³/mol. The van der Waals surface area contributed by atoms with E-state index in [1.165, 1.54) is 19.3 Å². The fourth-order valence-electron chi connectivity index (χ4n) is 2.47. The molecular weight excluding hydrogens is 210 g/mol. The van der Waals surface area contributed by atoms with Gasteiger partial charge in [0.2, 0.25) is 0 Å². The highest BCUT2D eigenvalue weighted by molar-refractivity contribution is 5.34. The van der Waals surface area contributed by atoms with Crippen molar-refractivity contribution in [2.24, 2.45) is 5.92 Å². The number of benzene rings is 1. The zero-order chi connectivity index (χ0) is 12.3. The topological polar surface area (TPSA) is 32.3 Å². The minimum Gasteiger partial charge on any atom is -0.508 e. The molecule has 1 aliphatic rings. The van der Waals surface area contributed by atoms with Crippen LogP contribution in [0.5, 0.6) is 5.75 Å². The number of hydrogen-bond donors (Lipinski definition) is 2. The summed E-state index contributed by atoms with van der Waals surface area (Å²) in [4.78, 5) is 0. The maximum Gasteiger partial charge on any atom is 0.120 e. The molecule has 0 amide bonds. The number of phenols is 1. The SMILES string of the molecule is CCC(NC(C)CC1CC1)c1ccccc1O. The molecule has 0 bridgehead atoms. The molecule has 1 saturated carbocycles. The average Bonchev–Trinajstić information content (AvgIpc) is 3.11. The molecule has 0 heterocycles. The summed E-state index contributed by atoms with van der Waals surface area (Å²) in [6.45, 7) is 4.41. The first-order chi connectivity index (χ1) is 8.20. The van der Waals surface area contributed by atoms with Crippen LogP contribution in [0.15, 0.2) is 24.3 Å². The molecule has 17 heavy (non-hydrogen) atoms. The van der Waals surface area contributed by atoms with E-state index in [1.54, 1.807) is 6.07 Å². The van der Waals surface area contributed by atoms with Gasteiger partial charge < -0.3 is 10.4 Å². The van der Waals surface area contributed by atoms with Crippen molar-refractivity contribution in [3.8, 4) is 5.75 Å². The first-order valence-electron chi connectivity index (χ1n) is 6.74. The number of hydrogen-bond acceptors (Lipinski definition) is 2. The molecule has 0 saturated heterocycles. The van der Waals surface area contributed by atoms with E-state index in [0.29, 0.717) is 11.8 Å². The van der Waals surface area contributed by atoms with Crippen molar-refractivity contribution in [1.82, 2.24) is 5.32 Å². The Labute approximate surface area is 104 Å². The van der Waals surface area contributed by atoms with Gasteiger partial charge >= 0.3 is 0 Å². The van der Waals surface area contributed by atoms with Gasteiger partial charge in [0.25, 0.3) is 0 Å². The molecule has 1 fully saturated rings. The van der Waals surface area contributed by atoms with Gasteiger partial charge in [0, 0.05) is 17.6 Å². The van der Waals surface area contributed by atoms with Gasteiger partial charge in [0.15, 0.2) is 0 Å². The third-order valence-corrected chi connectivity index (χ3v) is 3.59. The zero-order valence-corrected chi connectivity index (χ0v) is 10.8. The number of aromatic hydroxyl groups is 1. The molecule has 2 rings (SSSR count). The number of rotatable bonds is 6. The van der Waals surface area contributed by atoms with E-state index >= 15 is 0 Å². The van der Waals surface area contributed by atoms with Gasteiger partial charge in [-0.05, 0) is 31.7 Å². The number of phenolic OH excluding ortho intramolecular Hbond substituents is 1. The molecule has 2 atom stereocenters. The standard InChI is InChI=1S/C15H23NO/c1-3-14(13-6-4-5-7-15(13)17)16-11(2)10-12-8-9-12/h4-7,11-12,14,16-17H,3,8-10H2,1-2H3. The Hall–Kier alpha value is -1.02. The molecule has 94 valence electrons. The van der Waals surface area contributed by atoms with Crippen LogP contribution in [0.2, 0.25) is 0 Å². The number of nitrogens with one attached hydrogen (secondary N) is 1. The lowest BCUT2D eigenvalue weighted by Gasteiger charge is -2.23. The largest absolute Gasteiger partial charge is 0.508 e. The van der Waals surface area contributed by atoms with E-state index in [4.69, 9.17) is 0 Å². The van der Waals surface area contributed by atoms with Gasteiger partial charge in [-0.2, -0.15) is 0 Å². The van der Waals surface area contributed by atoms with Crippen molar-refractivity contribution < 1.29 is 5.11 Å². The van der Waals surface area contributed by atoms with Crippen LogP contribution in [-0.2, 0) is 0 Å². The minimum absolute atomic E-state index is 0.268. The molecule has 2 N–H and O–H groups in total. The summed E-state index contributed by atoms with van der Waals surface area (Å²) in [5, 5.41) is 13.5. The van der Waals surface area contributed by atoms with Crippen LogP contribution in [0.25, 0.3) is 0 Å². The summed E-state index contributed by atoms with van der Waals surface area (Å²) < 4.78 is 0. The molecule has 0 spiro atoms. The van der Waals surface area contributed by atoms with Crippen molar-refractivity contribution >= 4 is 0 Å². The van der Waals surface area contributed by atoms with Crippen LogP contribution >= 0.6 is 0 Å². The molecule has 2 heteroatoms. The Kier molecular flexibility index (Phi) is 4.06. The quantitative estimate of drug-likeness (QED) is 0.786. The molecule has 1 aromatic rings. The second-order valence-corrected chi connectivity index (χ2v) is 5.27. The van der Waals surface area contributed by atoms with Gasteiger partial charge in [0.1, 0.15) is 5.75 Å². The first-order valence-corrected chi connectivity index (χ1v) is 6.74. The second-order valence-electron chi connectivity index (χ2n) is 5.27. The Morgan fingerprint density at radius 2 is 2.06 bits per heavy atom. The van der Waals surface area contributed by atoms with Gasteiger partial charge in [-0.1, -0.05) is 38.0 Å². The van der Waals surface area contributed by atoms with E-state index in [0.717, 1.165) is 17.9 Å². The van der Waals surface area contributed by atoms with Crippen LogP contribution in [0.1, 0.15) is 51.1 Å². The molecular formula is C15H23NO. The highest BCUT2D eigenvalue weighted by atomic mass is 16.3. The monoisotopic (exact) mass is 233 g/mol. The Balaban J connectivity index is 1.97. The lowest BCUT2D eigenvalue weighted by atomic mass is 10.0. The molecule has 0 aliphatic heterocycles. The van der Waals surface area contributed by atoms with Crippen molar-refractivity contribution in [1.29, 1.82) is 0 Å². The van der Waals surface area contributed by atoms with Crippen LogP contribution in [-0.4, -0.2) is 11.1 Å². The van der Waals surface area contributed by atoms with Gasteiger partial charge in [0.05, 0.1) is 0 Å². The zero-order valence-electron chi connectivity index (χ0n) is 10.8. The predicted octanol–water partition coefficient (Wildman–Crippen LogP) is 3.62. The van der Waals surface area contributed by atoms with Crippen molar-refractivity contribution in [2.45, 2.75) is 51.6 Å². The van der Waals surface area contributed by atoms with Gasteiger partial charge in [-0.15, -0.1) is 0 Å². The minimum atomic E-state index is 0.268. The smallest absolute Gasteiger partial charge is 0.120 e. The highest BCUT2D eigenvalue weighted by Crippen LogP contribution is 2.34. The van der Waals surface area contributed by atoms with Gasteiger partial charge in [-0.25, -0.2) is 0 Å². The Morgan fingerprint density at radius 1 is 1.35 bits per heavy atom. The molecule has 1 aromatic carbocycles. The fraction of sp³-hybridized carbons (Fsp3) is 0.600. The third-order valence-electron chi connectivity index (χ3n) is 3.59. The summed E-state index contributed by atoms with van der Waals surface area (Å²) in [6.07, 6.45) is 5.08. The Bertz CT molecular complexity index is 360. The van der Waals surface area contributed by atoms with E-state index < -0.39 is 0 Å². The van der Waals surface area contributed by atoms with Crippen LogP contribution in [0.3, 0.4) is 0 Å². The summed E-state index contributed by atoms with van der Waals surface area (Å²) in [5.41, 5.74) is 1.03. The number of para-hydroxylation sites is 1. The third kappa shape index (κ3) is 3.47. The Morgan fingerprint density at radius 3 is 2.65 bits per heavy atom. The van der Waals surface area contributed by atoms with Gasteiger partial charge in [-0.3, -0.25) is 0 Å². The summed E-state index contributed by atoms with van der Waals surface area (Å²) in [6, 6.07) is 8.45. The van der Waals surface area contributed by atoms with Crippen molar-refractivity contribution in [3.63, 3.8) is 0 Å².